The van der Waals surface area contributed by atoms with E-state index in [-0.39, 0.29) is 16.8 Å². The lowest BCUT2D eigenvalue weighted by molar-refractivity contribution is -0.127. The van der Waals surface area contributed by atoms with E-state index >= 15 is 0 Å². The summed E-state index contributed by atoms with van der Waals surface area (Å²) in [5.74, 6) is -1.89. The molecule has 3 amide bonds. The molecule has 0 aromatic heterocycles. The summed E-state index contributed by atoms with van der Waals surface area (Å²) in [5.41, 5.74) is 6.15. The van der Waals surface area contributed by atoms with E-state index in [2.05, 4.69) is 15.9 Å². The molecule has 0 radical (unpaired) electrons. The molecule has 0 unspecified atom stereocenters. The molecule has 2 rings (SSSR count). The van der Waals surface area contributed by atoms with Gasteiger partial charge in [-0.05, 0) is 26.0 Å². The van der Waals surface area contributed by atoms with Crippen LogP contribution in [0.4, 0.5) is 5.69 Å². The van der Waals surface area contributed by atoms with Gasteiger partial charge in [0.2, 0.25) is 0 Å². The SMILES string of the molecule is CC(C)(Br)C(=O)N1C(=O)c2cccc(N)c2C1=O. The minimum atomic E-state index is -0.991. The van der Waals surface area contributed by atoms with Gasteiger partial charge < -0.3 is 5.73 Å². The molecular formula is C12H11BrN2O3. The van der Waals surface area contributed by atoms with Crippen LogP contribution in [-0.2, 0) is 4.79 Å². The van der Waals surface area contributed by atoms with Crippen molar-refractivity contribution < 1.29 is 14.4 Å². The number of carbonyl (C=O) groups excluding carboxylic acids is 3. The van der Waals surface area contributed by atoms with Crippen LogP contribution in [0.1, 0.15) is 34.6 Å². The molecule has 0 saturated heterocycles. The molecule has 0 fully saturated rings. The molecule has 18 heavy (non-hydrogen) atoms. The monoisotopic (exact) mass is 310 g/mol. The molecule has 6 heteroatoms. The number of nitrogen functional groups attached to an aromatic ring is 1. The normalized spacial score (nSPS) is 14.9. The minimum Gasteiger partial charge on any atom is -0.398 e. The topological polar surface area (TPSA) is 80.5 Å². The number of rotatable bonds is 1. The summed E-state index contributed by atoms with van der Waals surface area (Å²) in [7, 11) is 0. The lowest BCUT2D eigenvalue weighted by Gasteiger charge is -2.20. The summed E-state index contributed by atoms with van der Waals surface area (Å²) < 4.78 is -0.991. The van der Waals surface area contributed by atoms with Crippen molar-refractivity contribution in [2.24, 2.45) is 0 Å². The Bertz CT molecular complexity index is 575. The van der Waals surface area contributed by atoms with E-state index in [0.29, 0.717) is 4.90 Å². The van der Waals surface area contributed by atoms with Gasteiger partial charge in [-0.25, -0.2) is 4.90 Å². The molecule has 0 spiro atoms. The van der Waals surface area contributed by atoms with Crippen molar-refractivity contribution in [3.63, 3.8) is 0 Å². The largest absolute Gasteiger partial charge is 0.398 e. The number of anilines is 1. The molecule has 1 aliphatic rings. The Hall–Kier alpha value is -1.69. The van der Waals surface area contributed by atoms with Gasteiger partial charge in [0.15, 0.2) is 0 Å². The first-order chi connectivity index (χ1) is 8.25. The van der Waals surface area contributed by atoms with Crippen LogP contribution in [-0.4, -0.2) is 26.9 Å². The Balaban J connectivity index is 2.54. The van der Waals surface area contributed by atoms with Crippen LogP contribution in [0.3, 0.4) is 0 Å². The van der Waals surface area contributed by atoms with Crippen LogP contribution in [0.5, 0.6) is 0 Å². The minimum absolute atomic E-state index is 0.104. The smallest absolute Gasteiger partial charge is 0.270 e. The van der Waals surface area contributed by atoms with Gasteiger partial charge in [-0.15, -0.1) is 0 Å². The molecular weight excluding hydrogens is 300 g/mol. The zero-order valence-corrected chi connectivity index (χ0v) is 11.4. The molecule has 94 valence electrons. The van der Waals surface area contributed by atoms with Crippen molar-refractivity contribution in [3.05, 3.63) is 29.3 Å². The Kier molecular flexibility index (Phi) is 2.77. The quantitative estimate of drug-likeness (QED) is 0.485. The van der Waals surface area contributed by atoms with E-state index in [1.165, 1.54) is 12.1 Å². The number of nitrogens with zero attached hydrogens (tertiary/aromatic N) is 1. The molecule has 1 aliphatic heterocycles. The van der Waals surface area contributed by atoms with Crippen LogP contribution >= 0.6 is 15.9 Å². The Labute approximate surface area is 112 Å². The molecule has 0 saturated carbocycles. The van der Waals surface area contributed by atoms with E-state index in [0.717, 1.165) is 0 Å². The number of benzene rings is 1. The van der Waals surface area contributed by atoms with Crippen LogP contribution in [0.25, 0.3) is 0 Å². The van der Waals surface area contributed by atoms with E-state index in [1.807, 2.05) is 0 Å². The van der Waals surface area contributed by atoms with Crippen molar-refractivity contribution in [1.82, 2.24) is 4.90 Å². The zero-order chi connectivity index (χ0) is 13.7. The third-order valence-corrected chi connectivity index (χ3v) is 3.00. The first-order valence-corrected chi connectivity index (χ1v) is 6.05. The van der Waals surface area contributed by atoms with Gasteiger partial charge in [0, 0.05) is 5.69 Å². The number of halogens is 1. The summed E-state index contributed by atoms with van der Waals surface area (Å²) in [5, 5.41) is 0. The third kappa shape index (κ3) is 1.73. The van der Waals surface area contributed by atoms with Crippen LogP contribution in [0.2, 0.25) is 0 Å². The predicted molar refractivity (Wildman–Crippen MR) is 69.4 cm³/mol. The fourth-order valence-electron chi connectivity index (χ4n) is 1.76. The second kappa shape index (κ2) is 3.91. The molecule has 2 N–H and O–H groups in total. The van der Waals surface area contributed by atoms with Crippen LogP contribution < -0.4 is 5.73 Å². The van der Waals surface area contributed by atoms with Gasteiger partial charge in [0.1, 0.15) is 0 Å². The average molecular weight is 311 g/mol. The summed E-state index contributed by atoms with van der Waals surface area (Å²) in [4.78, 5) is 36.9. The van der Waals surface area contributed by atoms with Crippen molar-refractivity contribution in [3.8, 4) is 0 Å². The summed E-state index contributed by atoms with van der Waals surface area (Å²) in [6, 6.07) is 4.59. The maximum atomic E-state index is 12.1. The maximum absolute atomic E-state index is 12.1. The van der Waals surface area contributed by atoms with Gasteiger partial charge in [-0.3, -0.25) is 14.4 Å². The van der Waals surface area contributed by atoms with E-state index in [9.17, 15) is 14.4 Å². The van der Waals surface area contributed by atoms with Gasteiger partial charge in [-0.2, -0.15) is 0 Å². The lowest BCUT2D eigenvalue weighted by Crippen LogP contribution is -2.45. The van der Waals surface area contributed by atoms with E-state index in [1.54, 1.807) is 19.9 Å². The van der Waals surface area contributed by atoms with Crippen LogP contribution in [0, 0.1) is 0 Å². The van der Waals surface area contributed by atoms with Crippen molar-refractivity contribution in [1.29, 1.82) is 0 Å². The van der Waals surface area contributed by atoms with E-state index < -0.39 is 22.0 Å². The number of imide groups is 3. The maximum Gasteiger partial charge on any atom is 0.270 e. The first kappa shape index (κ1) is 12.8. The molecule has 1 aromatic carbocycles. The molecule has 5 nitrogen and oxygen atoms in total. The van der Waals surface area contributed by atoms with Crippen molar-refractivity contribution in [2.45, 2.75) is 18.2 Å². The molecule has 1 aromatic rings. The number of fused-ring (bicyclic) bond motifs is 1. The molecule has 0 atom stereocenters. The lowest BCUT2D eigenvalue weighted by atomic mass is 10.1. The average Bonchev–Trinajstić information content (AvgIpc) is 2.51. The first-order valence-electron chi connectivity index (χ1n) is 5.25. The van der Waals surface area contributed by atoms with Crippen LogP contribution in [0.15, 0.2) is 18.2 Å². The molecule has 0 aliphatic carbocycles. The fraction of sp³-hybridized carbons (Fsp3) is 0.250. The van der Waals surface area contributed by atoms with Gasteiger partial charge in [0.25, 0.3) is 17.7 Å². The van der Waals surface area contributed by atoms with Gasteiger partial charge >= 0.3 is 0 Å². The fourth-order valence-corrected chi connectivity index (χ4v) is 1.94. The molecule has 0 bridgehead atoms. The highest BCUT2D eigenvalue weighted by molar-refractivity contribution is 9.10. The second-order valence-electron chi connectivity index (χ2n) is 4.49. The third-order valence-electron chi connectivity index (χ3n) is 2.66. The van der Waals surface area contributed by atoms with Gasteiger partial charge in [0.05, 0.1) is 15.5 Å². The highest BCUT2D eigenvalue weighted by atomic mass is 79.9. The number of carbonyl (C=O) groups is 3. The number of alkyl halides is 1. The highest BCUT2D eigenvalue weighted by Crippen LogP contribution is 2.31. The van der Waals surface area contributed by atoms with E-state index in [4.69, 9.17) is 5.73 Å². The summed E-state index contributed by atoms with van der Waals surface area (Å²) in [6.45, 7) is 3.14. The number of hydrogen-bond donors (Lipinski definition) is 1. The number of nitrogens with two attached hydrogens (primary N) is 1. The standard InChI is InChI=1S/C12H11BrN2O3/c1-12(2,13)11(18)15-9(16)6-4-3-5-7(14)8(6)10(15)17/h3-5H,14H2,1-2H3. The Morgan fingerprint density at radius 3 is 2.39 bits per heavy atom. The number of amides is 3. The summed E-state index contributed by atoms with van der Waals surface area (Å²) in [6.07, 6.45) is 0. The Morgan fingerprint density at radius 1 is 1.28 bits per heavy atom. The summed E-state index contributed by atoms with van der Waals surface area (Å²) >= 11 is 3.15. The van der Waals surface area contributed by atoms with Crippen molar-refractivity contribution in [2.75, 3.05) is 5.73 Å². The van der Waals surface area contributed by atoms with Gasteiger partial charge in [-0.1, -0.05) is 22.0 Å². The highest BCUT2D eigenvalue weighted by Gasteiger charge is 2.45. The zero-order valence-electron chi connectivity index (χ0n) is 9.86. The second-order valence-corrected chi connectivity index (χ2v) is 6.48. The number of hydrogen-bond acceptors (Lipinski definition) is 4. The predicted octanol–water partition coefficient (Wildman–Crippen LogP) is 1.56. The Morgan fingerprint density at radius 2 is 1.89 bits per heavy atom. The van der Waals surface area contributed by atoms with Crippen molar-refractivity contribution >= 4 is 39.3 Å². The molecule has 1 heterocycles.